The molecule has 0 amide bonds. The van der Waals surface area contributed by atoms with Gasteiger partial charge in [-0.15, -0.1) is 0 Å². The zero-order valence-electron chi connectivity index (χ0n) is 11.9. The largest absolute Gasteiger partial charge is 0.508 e. The van der Waals surface area contributed by atoms with Crippen molar-refractivity contribution in [2.45, 2.75) is 57.5 Å². The number of ether oxygens (including phenoxy) is 3. The van der Waals surface area contributed by atoms with E-state index in [4.69, 9.17) is 14.2 Å². The fourth-order valence-electron chi connectivity index (χ4n) is 2.49. The van der Waals surface area contributed by atoms with Crippen LogP contribution in [0.3, 0.4) is 0 Å². The minimum Gasteiger partial charge on any atom is -0.430 e. The number of carbonyl (C=O) groups is 1. The fraction of sp³-hybridized carbons (Fsp3) is 0.923. The summed E-state index contributed by atoms with van der Waals surface area (Å²) >= 11 is 0. The summed E-state index contributed by atoms with van der Waals surface area (Å²) < 4.78 is 15.1. The van der Waals surface area contributed by atoms with Crippen LogP contribution in [-0.4, -0.2) is 40.2 Å². The van der Waals surface area contributed by atoms with Gasteiger partial charge < -0.3 is 14.2 Å². The van der Waals surface area contributed by atoms with Gasteiger partial charge in [-0.3, -0.25) is 0 Å². The average Bonchev–Trinajstić information content (AvgIpc) is 2.80. The predicted octanol–water partition coefficient (Wildman–Crippen LogP) is 3.44. The molecule has 0 aromatic heterocycles. The number of rotatable bonds is 9. The molecule has 106 valence electrons. The molecule has 5 heteroatoms. The minimum absolute atomic E-state index is 0.206. The van der Waals surface area contributed by atoms with Crippen molar-refractivity contribution in [3.05, 3.63) is 0 Å². The molecule has 4 nitrogen and oxygen atoms in total. The molecule has 1 heterocycles. The van der Waals surface area contributed by atoms with Crippen molar-refractivity contribution in [1.29, 1.82) is 0 Å². The molecular formula is C13H26O4Si. The molecule has 0 radical (unpaired) electrons. The molecule has 1 aliphatic rings. The highest BCUT2D eigenvalue weighted by Crippen LogP contribution is 2.26. The lowest BCUT2D eigenvalue weighted by Crippen LogP contribution is -2.31. The van der Waals surface area contributed by atoms with Gasteiger partial charge in [-0.25, -0.2) is 4.79 Å². The lowest BCUT2D eigenvalue weighted by molar-refractivity contribution is 0.0461. The molecule has 0 spiro atoms. The van der Waals surface area contributed by atoms with Gasteiger partial charge in [-0.1, -0.05) is 44.9 Å². The first-order chi connectivity index (χ1) is 8.65. The molecule has 1 fully saturated rings. The van der Waals surface area contributed by atoms with Gasteiger partial charge in [0.15, 0.2) is 6.10 Å². The van der Waals surface area contributed by atoms with Crippen molar-refractivity contribution < 1.29 is 19.0 Å². The first kappa shape index (κ1) is 15.5. The van der Waals surface area contributed by atoms with Gasteiger partial charge in [0, 0.05) is 6.61 Å². The lowest BCUT2D eigenvalue weighted by atomic mass is 10.4. The van der Waals surface area contributed by atoms with Crippen LogP contribution in [0, 0.1) is 0 Å². The number of carbonyl (C=O) groups excluding carboxylic acids is 1. The fourth-order valence-corrected chi connectivity index (χ4v) is 5.95. The van der Waals surface area contributed by atoms with Crippen LogP contribution in [0.4, 0.5) is 4.79 Å². The van der Waals surface area contributed by atoms with Gasteiger partial charge >= 0.3 is 6.16 Å². The summed E-state index contributed by atoms with van der Waals surface area (Å²) in [7, 11) is -1.000. The van der Waals surface area contributed by atoms with Crippen LogP contribution < -0.4 is 0 Å². The van der Waals surface area contributed by atoms with E-state index in [1.54, 1.807) is 0 Å². The van der Waals surface area contributed by atoms with Crippen molar-refractivity contribution in [3.8, 4) is 0 Å². The van der Waals surface area contributed by atoms with E-state index in [1.807, 2.05) is 0 Å². The number of hydrogen-bond acceptors (Lipinski definition) is 4. The molecule has 0 N–H and O–H groups in total. The van der Waals surface area contributed by atoms with Gasteiger partial charge in [-0.05, 0) is 6.42 Å². The van der Waals surface area contributed by atoms with Crippen molar-refractivity contribution in [3.63, 3.8) is 0 Å². The lowest BCUT2D eigenvalue weighted by Gasteiger charge is -2.27. The van der Waals surface area contributed by atoms with E-state index in [-0.39, 0.29) is 6.10 Å². The molecule has 1 saturated heterocycles. The maximum Gasteiger partial charge on any atom is 0.508 e. The van der Waals surface area contributed by atoms with Crippen molar-refractivity contribution in [1.82, 2.24) is 0 Å². The summed E-state index contributed by atoms with van der Waals surface area (Å²) in [5.41, 5.74) is 0. The third-order valence-corrected chi connectivity index (χ3v) is 10.1. The second-order valence-corrected chi connectivity index (χ2v) is 10.7. The molecule has 0 aromatic carbocycles. The number of hydrogen-bond donors (Lipinski definition) is 0. The average molecular weight is 274 g/mol. The summed E-state index contributed by atoms with van der Waals surface area (Å²) in [5.74, 6) is 0. The second kappa shape index (κ2) is 7.79. The van der Waals surface area contributed by atoms with Gasteiger partial charge in [0.1, 0.15) is 6.61 Å². The Morgan fingerprint density at radius 3 is 2.44 bits per heavy atom. The molecule has 0 aromatic rings. The van der Waals surface area contributed by atoms with Crippen molar-refractivity contribution >= 4 is 14.2 Å². The first-order valence-electron chi connectivity index (χ1n) is 7.07. The van der Waals surface area contributed by atoms with Gasteiger partial charge in [0.25, 0.3) is 0 Å². The van der Waals surface area contributed by atoms with Crippen LogP contribution in [0.5, 0.6) is 0 Å². The van der Waals surface area contributed by atoms with E-state index in [0.29, 0.717) is 13.2 Å². The SMILES string of the molecule is CC[Si](CC)(CC)CCCOCC1COC(=O)O1. The van der Waals surface area contributed by atoms with E-state index >= 15 is 0 Å². The molecular weight excluding hydrogens is 248 g/mol. The molecule has 1 atom stereocenters. The highest BCUT2D eigenvalue weighted by atomic mass is 28.3. The summed E-state index contributed by atoms with van der Waals surface area (Å²) in [6.45, 7) is 8.55. The van der Waals surface area contributed by atoms with Gasteiger partial charge in [0.05, 0.1) is 14.7 Å². The van der Waals surface area contributed by atoms with Crippen LogP contribution in [0.25, 0.3) is 0 Å². The van der Waals surface area contributed by atoms with E-state index in [1.165, 1.54) is 24.2 Å². The summed E-state index contributed by atoms with van der Waals surface area (Å²) in [6.07, 6.45) is 0.351. The van der Waals surface area contributed by atoms with Crippen molar-refractivity contribution in [2.24, 2.45) is 0 Å². The Morgan fingerprint density at radius 1 is 1.28 bits per heavy atom. The molecule has 1 rings (SSSR count). The molecule has 0 aliphatic carbocycles. The van der Waals surface area contributed by atoms with Crippen LogP contribution in [0.1, 0.15) is 27.2 Å². The first-order valence-corrected chi connectivity index (χ1v) is 9.89. The van der Waals surface area contributed by atoms with Crippen LogP contribution in [0.15, 0.2) is 0 Å². The zero-order chi connectivity index (χ0) is 13.4. The minimum atomic E-state index is -1.000. The standard InChI is InChI=1S/C13H26O4Si/c1-4-18(5-2,6-3)9-7-8-15-10-12-11-16-13(14)17-12/h12H,4-11H2,1-3H3. The Hall–Kier alpha value is -0.553. The van der Waals surface area contributed by atoms with E-state index in [2.05, 4.69) is 20.8 Å². The Kier molecular flexibility index (Phi) is 6.71. The molecule has 1 aliphatic heterocycles. The summed E-state index contributed by atoms with van der Waals surface area (Å²) in [6, 6.07) is 5.45. The highest BCUT2D eigenvalue weighted by Gasteiger charge is 2.26. The second-order valence-electron chi connectivity index (χ2n) is 5.04. The van der Waals surface area contributed by atoms with Gasteiger partial charge in [-0.2, -0.15) is 0 Å². The topological polar surface area (TPSA) is 44.8 Å². The Labute approximate surface area is 111 Å². The monoisotopic (exact) mass is 274 g/mol. The highest BCUT2D eigenvalue weighted by molar-refractivity contribution is 6.79. The van der Waals surface area contributed by atoms with E-state index in [0.717, 1.165) is 13.0 Å². The van der Waals surface area contributed by atoms with E-state index in [9.17, 15) is 4.79 Å². The van der Waals surface area contributed by atoms with E-state index < -0.39 is 14.2 Å². The molecule has 0 saturated carbocycles. The predicted molar refractivity (Wildman–Crippen MR) is 73.7 cm³/mol. The van der Waals surface area contributed by atoms with Crippen LogP contribution >= 0.6 is 0 Å². The van der Waals surface area contributed by atoms with Crippen LogP contribution in [0.2, 0.25) is 24.2 Å². The Balaban J connectivity index is 2.09. The summed E-state index contributed by atoms with van der Waals surface area (Å²) in [4.78, 5) is 10.7. The third kappa shape index (κ3) is 4.61. The normalized spacial score (nSPS) is 19.7. The summed E-state index contributed by atoms with van der Waals surface area (Å²) in [5, 5.41) is 0. The smallest absolute Gasteiger partial charge is 0.430 e. The third-order valence-electron chi connectivity index (χ3n) is 4.20. The van der Waals surface area contributed by atoms with Crippen LogP contribution in [-0.2, 0) is 14.2 Å². The maximum absolute atomic E-state index is 10.7. The maximum atomic E-state index is 10.7. The van der Waals surface area contributed by atoms with Gasteiger partial charge in [0.2, 0.25) is 0 Å². The zero-order valence-corrected chi connectivity index (χ0v) is 12.9. The quantitative estimate of drug-likeness (QED) is 0.367. The molecule has 18 heavy (non-hydrogen) atoms. The number of cyclic esters (lactones) is 2. The molecule has 0 bridgehead atoms. The molecule has 1 unspecified atom stereocenters. The van der Waals surface area contributed by atoms with Crippen molar-refractivity contribution in [2.75, 3.05) is 19.8 Å². The Bertz CT molecular complexity index is 245. The Morgan fingerprint density at radius 2 is 1.94 bits per heavy atom.